The maximum Gasteiger partial charge on any atom is 0.291 e. The fourth-order valence-electron chi connectivity index (χ4n) is 3.10. The van der Waals surface area contributed by atoms with Crippen molar-refractivity contribution in [3.63, 3.8) is 0 Å². The van der Waals surface area contributed by atoms with E-state index in [0.717, 1.165) is 11.1 Å². The zero-order valence-corrected chi connectivity index (χ0v) is 18.7. The van der Waals surface area contributed by atoms with Crippen LogP contribution in [0.3, 0.4) is 0 Å². The van der Waals surface area contributed by atoms with Gasteiger partial charge in [0.05, 0.1) is 11.4 Å². The number of anilines is 1. The van der Waals surface area contributed by atoms with Gasteiger partial charge < -0.3 is 15.8 Å². The van der Waals surface area contributed by atoms with Gasteiger partial charge >= 0.3 is 0 Å². The number of nitrogens with one attached hydrogen (secondary N) is 2. The maximum absolute atomic E-state index is 12.8. The molecule has 0 fully saturated rings. The molecule has 1 unspecified atom stereocenters. The van der Waals surface area contributed by atoms with Gasteiger partial charge in [-0.15, -0.1) is 0 Å². The van der Waals surface area contributed by atoms with Crippen molar-refractivity contribution < 1.29 is 9.53 Å². The van der Waals surface area contributed by atoms with Crippen LogP contribution in [-0.4, -0.2) is 34.7 Å². The van der Waals surface area contributed by atoms with Gasteiger partial charge in [0.25, 0.3) is 11.9 Å². The highest BCUT2D eigenvalue weighted by atomic mass is 16.5. The predicted molar refractivity (Wildman–Crippen MR) is 131 cm³/mol. The number of carbonyl (C=O) groups excluding carboxylic acids is 1. The van der Waals surface area contributed by atoms with Crippen molar-refractivity contribution in [1.82, 2.24) is 4.98 Å². The molecule has 0 saturated heterocycles. The van der Waals surface area contributed by atoms with Crippen LogP contribution in [0.1, 0.15) is 36.2 Å². The van der Waals surface area contributed by atoms with E-state index in [2.05, 4.69) is 20.3 Å². The number of carbonyl (C=O) groups is 1. The molecule has 0 spiro atoms. The number of benzene rings is 2. The summed E-state index contributed by atoms with van der Waals surface area (Å²) in [7, 11) is 0. The minimum Gasteiger partial charge on any atom is -0.407 e. The second-order valence-electron chi connectivity index (χ2n) is 6.69. The van der Waals surface area contributed by atoms with Crippen LogP contribution in [0.15, 0.2) is 82.9 Å². The van der Waals surface area contributed by atoms with Gasteiger partial charge in [0.1, 0.15) is 11.8 Å². The SMILES string of the molecule is CC.N#Cc1cc(C(=N)O/C(N)=N/C2N=C(c3ccccc3)c3ccccc3NC2=O)ccn1. The van der Waals surface area contributed by atoms with Crippen LogP contribution in [-0.2, 0) is 9.53 Å². The lowest BCUT2D eigenvalue weighted by Crippen LogP contribution is -2.29. The molecule has 0 aliphatic carbocycles. The van der Waals surface area contributed by atoms with Crippen LogP contribution in [0.4, 0.5) is 5.69 Å². The number of hydrogen-bond donors (Lipinski definition) is 3. The summed E-state index contributed by atoms with van der Waals surface area (Å²) in [6.45, 7) is 4.00. The minimum absolute atomic E-state index is 0.129. The number of pyridine rings is 1. The number of amides is 1. The molecule has 170 valence electrons. The van der Waals surface area contributed by atoms with E-state index in [-0.39, 0.29) is 11.6 Å². The summed E-state index contributed by atoms with van der Waals surface area (Å²) in [5, 5.41) is 19.8. The molecule has 1 aliphatic rings. The third kappa shape index (κ3) is 5.49. The molecule has 4 rings (SSSR count). The molecule has 1 aromatic heterocycles. The van der Waals surface area contributed by atoms with Crippen LogP contribution in [0, 0.1) is 16.7 Å². The van der Waals surface area contributed by atoms with Gasteiger partial charge in [-0.25, -0.2) is 9.98 Å². The van der Waals surface area contributed by atoms with Gasteiger partial charge in [-0.2, -0.15) is 10.3 Å². The number of hydrogen-bond acceptors (Lipinski definition) is 7. The largest absolute Gasteiger partial charge is 0.407 e. The zero-order valence-electron chi connectivity index (χ0n) is 18.7. The molecule has 34 heavy (non-hydrogen) atoms. The number of nitriles is 1. The van der Waals surface area contributed by atoms with Crippen molar-refractivity contribution in [3.05, 3.63) is 95.3 Å². The molecule has 2 aromatic carbocycles. The third-order valence-electron chi connectivity index (χ3n) is 4.57. The van der Waals surface area contributed by atoms with Crippen LogP contribution in [0.5, 0.6) is 0 Å². The molecule has 2 heterocycles. The highest BCUT2D eigenvalue weighted by molar-refractivity contribution is 6.19. The Morgan fingerprint density at radius 2 is 1.85 bits per heavy atom. The highest BCUT2D eigenvalue weighted by Crippen LogP contribution is 2.24. The van der Waals surface area contributed by atoms with Crippen molar-refractivity contribution >= 4 is 29.2 Å². The van der Waals surface area contributed by atoms with E-state index in [0.29, 0.717) is 17.0 Å². The van der Waals surface area contributed by atoms with Crippen LogP contribution in [0.2, 0.25) is 0 Å². The summed E-state index contributed by atoms with van der Waals surface area (Å²) < 4.78 is 5.27. The van der Waals surface area contributed by atoms with Gasteiger partial charge in [-0.05, 0) is 18.2 Å². The number of nitrogens with two attached hydrogens (primary N) is 1. The number of aliphatic imine (C=N–C) groups is 2. The molecule has 1 atom stereocenters. The average molecular weight is 454 g/mol. The van der Waals surface area contributed by atoms with E-state index in [1.54, 1.807) is 6.07 Å². The Balaban J connectivity index is 0.00000158. The number of nitrogens with zero attached hydrogens (tertiary/aromatic N) is 4. The highest BCUT2D eigenvalue weighted by Gasteiger charge is 2.26. The molecule has 1 aliphatic heterocycles. The summed E-state index contributed by atoms with van der Waals surface area (Å²) in [6.07, 6.45) is 0.156. The summed E-state index contributed by atoms with van der Waals surface area (Å²) in [6, 6.07) is 21.1. The number of benzodiazepines with no additional fused rings is 1. The quantitative estimate of drug-likeness (QED) is 0.410. The molecular formula is C25H23N7O2. The number of aromatic nitrogens is 1. The first-order valence-corrected chi connectivity index (χ1v) is 10.5. The molecule has 9 heteroatoms. The summed E-state index contributed by atoms with van der Waals surface area (Å²) in [4.78, 5) is 25.3. The van der Waals surface area contributed by atoms with Gasteiger partial charge in [-0.3, -0.25) is 10.2 Å². The van der Waals surface area contributed by atoms with E-state index in [1.807, 2.05) is 68.4 Å². The summed E-state index contributed by atoms with van der Waals surface area (Å²) in [5.74, 6) is -0.827. The van der Waals surface area contributed by atoms with Gasteiger partial charge in [0.2, 0.25) is 12.1 Å². The Morgan fingerprint density at radius 1 is 1.15 bits per heavy atom. The number of rotatable bonds is 3. The summed E-state index contributed by atoms with van der Waals surface area (Å²) >= 11 is 0. The van der Waals surface area contributed by atoms with Crippen LogP contribution in [0.25, 0.3) is 0 Å². The van der Waals surface area contributed by atoms with E-state index in [4.69, 9.17) is 21.1 Å². The fourth-order valence-corrected chi connectivity index (χ4v) is 3.10. The third-order valence-corrected chi connectivity index (χ3v) is 4.57. The van der Waals surface area contributed by atoms with E-state index >= 15 is 0 Å². The number of para-hydroxylation sites is 1. The molecule has 9 nitrogen and oxygen atoms in total. The Hall–Kier alpha value is -4.84. The maximum atomic E-state index is 12.8. The van der Waals surface area contributed by atoms with E-state index < -0.39 is 18.1 Å². The van der Waals surface area contributed by atoms with Crippen molar-refractivity contribution in [1.29, 1.82) is 10.7 Å². The fraction of sp³-hybridized carbons (Fsp3) is 0.120. The Kier molecular flexibility index (Phi) is 7.81. The van der Waals surface area contributed by atoms with Gasteiger partial charge in [0.15, 0.2) is 0 Å². The second-order valence-corrected chi connectivity index (χ2v) is 6.69. The zero-order chi connectivity index (χ0) is 24.5. The van der Waals surface area contributed by atoms with E-state index in [9.17, 15) is 4.79 Å². The van der Waals surface area contributed by atoms with Crippen molar-refractivity contribution in [2.75, 3.05) is 5.32 Å². The first kappa shape index (κ1) is 23.8. The molecule has 3 aromatic rings. The lowest BCUT2D eigenvalue weighted by molar-refractivity contribution is -0.117. The number of ether oxygens (including phenoxy) is 1. The Morgan fingerprint density at radius 3 is 2.59 bits per heavy atom. The molecule has 4 N–H and O–H groups in total. The molecule has 1 amide bonds. The average Bonchev–Trinajstić information content (AvgIpc) is 3.02. The van der Waals surface area contributed by atoms with Crippen LogP contribution < -0.4 is 11.1 Å². The predicted octanol–water partition coefficient (Wildman–Crippen LogP) is 3.45. The first-order chi connectivity index (χ1) is 16.5. The molecular weight excluding hydrogens is 430 g/mol. The van der Waals surface area contributed by atoms with Crippen molar-refractivity contribution in [2.24, 2.45) is 15.7 Å². The Labute approximate surface area is 197 Å². The van der Waals surface area contributed by atoms with E-state index in [1.165, 1.54) is 18.3 Å². The monoisotopic (exact) mass is 453 g/mol. The summed E-state index contributed by atoms with van der Waals surface area (Å²) in [5.41, 5.74) is 9.03. The lowest BCUT2D eigenvalue weighted by Gasteiger charge is -2.10. The standard InChI is InChI=1S/C23H17N7O2.C2H6/c24-13-16-12-15(10-11-27-16)20(25)32-23(26)30-21-22(31)28-18-9-5-4-8-17(18)19(29-21)14-6-2-1-3-7-14;1-2/h1-12,21,25H,(H2,26,30)(H,28,31);1-2H3. The second kappa shape index (κ2) is 11.2. The van der Waals surface area contributed by atoms with Crippen LogP contribution >= 0.6 is 0 Å². The van der Waals surface area contributed by atoms with Crippen molar-refractivity contribution in [2.45, 2.75) is 20.0 Å². The molecule has 0 radical (unpaired) electrons. The first-order valence-electron chi connectivity index (χ1n) is 10.5. The Bertz CT molecular complexity index is 1290. The minimum atomic E-state index is -1.22. The molecule has 0 saturated carbocycles. The normalized spacial score (nSPS) is 14.7. The number of fused-ring (bicyclic) bond motifs is 1. The molecule has 0 bridgehead atoms. The van der Waals surface area contributed by atoms with Crippen molar-refractivity contribution in [3.8, 4) is 6.07 Å². The lowest BCUT2D eigenvalue weighted by atomic mass is 10.0. The van der Waals surface area contributed by atoms with Gasteiger partial charge in [-0.1, -0.05) is 62.4 Å². The topological polar surface area (TPSA) is 150 Å². The van der Waals surface area contributed by atoms with Gasteiger partial charge in [0, 0.05) is 22.9 Å². The smallest absolute Gasteiger partial charge is 0.291 e. The number of amidine groups is 1.